The molecule has 5 nitrogen and oxygen atoms in total. The van der Waals surface area contributed by atoms with Crippen molar-refractivity contribution in [1.29, 1.82) is 0 Å². The van der Waals surface area contributed by atoms with E-state index < -0.39 is 12.6 Å². The SMILES string of the molecule is CCC.CCc1cc(F)cc(NC)c1C.CN1CCCCC1.Cc1ccc(C=O)cn1.O=CCC(F)(F)F. The molecule has 0 radical (unpaired) electrons. The van der Waals surface area contributed by atoms with E-state index in [1.165, 1.54) is 44.8 Å². The van der Waals surface area contributed by atoms with E-state index >= 15 is 0 Å². The zero-order valence-corrected chi connectivity index (χ0v) is 23.9. The van der Waals surface area contributed by atoms with Gasteiger partial charge >= 0.3 is 6.18 Å². The molecule has 2 aromatic rings. The highest BCUT2D eigenvalue weighted by molar-refractivity contribution is 5.73. The van der Waals surface area contributed by atoms with E-state index in [9.17, 15) is 22.4 Å². The predicted octanol–water partition coefficient (Wildman–Crippen LogP) is 7.60. The van der Waals surface area contributed by atoms with Gasteiger partial charge in [0.15, 0.2) is 6.29 Å². The van der Waals surface area contributed by atoms with Gasteiger partial charge < -0.3 is 15.0 Å². The number of carbonyl (C=O) groups is 2. The number of nitrogens with one attached hydrogen (secondary N) is 1. The smallest absolute Gasteiger partial charge is 0.388 e. The largest absolute Gasteiger partial charge is 0.395 e. The number of alkyl halides is 3. The van der Waals surface area contributed by atoms with Crippen LogP contribution in [0.1, 0.15) is 80.1 Å². The molecule has 0 unspecified atom stereocenters. The van der Waals surface area contributed by atoms with Crippen LogP contribution in [0.25, 0.3) is 0 Å². The molecule has 0 bridgehead atoms. The van der Waals surface area contributed by atoms with Crippen LogP contribution < -0.4 is 5.32 Å². The lowest BCUT2D eigenvalue weighted by Crippen LogP contribution is -2.24. The molecule has 1 aliphatic rings. The zero-order chi connectivity index (χ0) is 29.6. The summed E-state index contributed by atoms with van der Waals surface area (Å²) < 4.78 is 45.4. The van der Waals surface area contributed by atoms with Gasteiger partial charge in [0.25, 0.3) is 0 Å². The molecular weight excluding hydrogens is 498 g/mol. The summed E-state index contributed by atoms with van der Waals surface area (Å²) in [6.45, 7) is 12.8. The molecule has 9 heteroatoms. The number of rotatable bonds is 4. The second-order valence-corrected chi connectivity index (χ2v) is 8.75. The van der Waals surface area contributed by atoms with Crippen LogP contribution in [0.4, 0.5) is 23.2 Å². The van der Waals surface area contributed by atoms with Crippen LogP contribution in [-0.2, 0) is 11.2 Å². The minimum atomic E-state index is -4.32. The number of aryl methyl sites for hydroxylation is 2. The van der Waals surface area contributed by atoms with Gasteiger partial charge in [-0.2, -0.15) is 13.2 Å². The summed E-state index contributed by atoms with van der Waals surface area (Å²) >= 11 is 0. The molecule has 0 atom stereocenters. The van der Waals surface area contributed by atoms with Crippen LogP contribution in [0.15, 0.2) is 30.5 Å². The Hall–Kier alpha value is -2.81. The zero-order valence-electron chi connectivity index (χ0n) is 23.9. The third-order valence-electron chi connectivity index (χ3n) is 5.10. The van der Waals surface area contributed by atoms with E-state index in [1.54, 1.807) is 25.4 Å². The Labute approximate surface area is 226 Å². The molecule has 1 N–H and O–H groups in total. The Kier molecular flexibility index (Phi) is 21.8. The van der Waals surface area contributed by atoms with Crippen molar-refractivity contribution < 1.29 is 27.2 Å². The van der Waals surface area contributed by atoms with Gasteiger partial charge in [-0.05, 0) is 88.6 Å². The number of nitrogens with zero attached hydrogens (tertiary/aromatic N) is 2. The van der Waals surface area contributed by atoms with Gasteiger partial charge in [-0.1, -0.05) is 33.6 Å². The van der Waals surface area contributed by atoms with E-state index in [1.807, 2.05) is 26.8 Å². The van der Waals surface area contributed by atoms with Crippen molar-refractivity contribution in [3.63, 3.8) is 0 Å². The monoisotopic (exact) mass is 543 g/mol. The lowest BCUT2D eigenvalue weighted by molar-refractivity contribution is -0.144. The number of aldehydes is 2. The van der Waals surface area contributed by atoms with Gasteiger partial charge in [0.1, 0.15) is 12.1 Å². The van der Waals surface area contributed by atoms with Crippen molar-refractivity contribution in [1.82, 2.24) is 9.88 Å². The highest BCUT2D eigenvalue weighted by Gasteiger charge is 2.25. The number of benzene rings is 1. The lowest BCUT2D eigenvalue weighted by atomic mass is 10.0. The summed E-state index contributed by atoms with van der Waals surface area (Å²) in [7, 11) is 4.00. The first-order chi connectivity index (χ1) is 17.9. The highest BCUT2D eigenvalue weighted by Crippen LogP contribution is 2.20. The maximum Gasteiger partial charge on any atom is 0.395 e. The molecule has 1 saturated heterocycles. The Morgan fingerprint density at radius 3 is 1.92 bits per heavy atom. The second-order valence-electron chi connectivity index (χ2n) is 8.75. The number of piperidine rings is 1. The Morgan fingerprint density at radius 2 is 1.61 bits per heavy atom. The number of halogens is 4. The van der Waals surface area contributed by atoms with Gasteiger partial charge in [-0.3, -0.25) is 9.78 Å². The molecule has 1 aromatic heterocycles. The van der Waals surface area contributed by atoms with E-state index in [2.05, 4.69) is 36.1 Å². The topological polar surface area (TPSA) is 62.3 Å². The van der Waals surface area contributed by atoms with Crippen molar-refractivity contribution in [3.05, 3.63) is 58.7 Å². The van der Waals surface area contributed by atoms with Gasteiger partial charge in [0.05, 0.1) is 6.42 Å². The second kappa shape index (κ2) is 22.2. The molecule has 1 aromatic carbocycles. The standard InChI is InChI=1S/C10H14FN.C7H7NO.C6H13N.C3H3F3O.C3H8/c1-4-8-5-9(11)6-10(12-3)7(8)2;1-6-2-3-7(5-9)4-8-6;1-7-5-3-2-4-6-7;4-3(5,6)1-2-7;1-3-2/h5-6,12H,4H2,1-3H3;2-5H,1H3;2-6H2,1H3;2H,1H2;3H2,1-2H3. The first-order valence-electron chi connectivity index (χ1n) is 12.9. The fraction of sp³-hybridized carbons (Fsp3) is 0.552. The van der Waals surface area contributed by atoms with Crippen LogP contribution in [0.2, 0.25) is 0 Å². The minimum absolute atomic E-state index is 0.165. The summed E-state index contributed by atoms with van der Waals surface area (Å²) in [5, 5.41) is 2.97. The summed E-state index contributed by atoms with van der Waals surface area (Å²) in [6.07, 6.45) is 2.92. The van der Waals surface area contributed by atoms with Crippen molar-refractivity contribution in [2.75, 3.05) is 32.5 Å². The minimum Gasteiger partial charge on any atom is -0.388 e. The molecule has 1 aliphatic heterocycles. The van der Waals surface area contributed by atoms with Gasteiger partial charge in [-0.25, -0.2) is 4.39 Å². The molecule has 3 rings (SSSR count). The van der Waals surface area contributed by atoms with E-state index in [0.29, 0.717) is 5.56 Å². The third-order valence-corrected chi connectivity index (χ3v) is 5.10. The number of anilines is 1. The number of likely N-dealkylation sites (tertiary alicyclic amines) is 1. The number of aromatic nitrogens is 1. The molecule has 2 heterocycles. The summed E-state index contributed by atoms with van der Waals surface area (Å²) in [6, 6.07) is 6.67. The molecule has 38 heavy (non-hydrogen) atoms. The van der Waals surface area contributed by atoms with Crippen molar-refractivity contribution in [3.8, 4) is 0 Å². The number of hydrogen-bond acceptors (Lipinski definition) is 5. The molecule has 0 saturated carbocycles. The molecule has 0 aliphatic carbocycles. The molecular formula is C29H45F4N3O2. The van der Waals surface area contributed by atoms with Crippen LogP contribution in [-0.4, -0.2) is 55.8 Å². The Balaban J connectivity index is 0. The number of hydrogen-bond donors (Lipinski definition) is 1. The third kappa shape index (κ3) is 20.3. The first-order valence-corrected chi connectivity index (χ1v) is 12.9. The Morgan fingerprint density at radius 1 is 1.03 bits per heavy atom. The van der Waals surface area contributed by atoms with E-state index in [0.717, 1.165) is 35.2 Å². The predicted molar refractivity (Wildman–Crippen MR) is 148 cm³/mol. The van der Waals surface area contributed by atoms with E-state index in [-0.39, 0.29) is 12.1 Å². The van der Waals surface area contributed by atoms with Gasteiger partial charge in [-0.15, -0.1) is 0 Å². The quantitative estimate of drug-likeness (QED) is 0.318. The van der Waals surface area contributed by atoms with Crippen molar-refractivity contribution >= 4 is 18.3 Å². The fourth-order valence-corrected chi connectivity index (χ4v) is 3.06. The number of pyridine rings is 1. The molecule has 216 valence electrons. The normalized spacial score (nSPS) is 12.5. The fourth-order valence-electron chi connectivity index (χ4n) is 3.06. The molecule has 0 spiro atoms. The van der Waals surface area contributed by atoms with Crippen LogP contribution in [0.3, 0.4) is 0 Å². The Bertz CT molecular complexity index is 857. The lowest BCUT2D eigenvalue weighted by Gasteiger charge is -2.20. The van der Waals surface area contributed by atoms with E-state index in [4.69, 9.17) is 4.79 Å². The molecule has 1 fully saturated rings. The van der Waals surface area contributed by atoms with Gasteiger partial charge in [0, 0.05) is 30.2 Å². The van der Waals surface area contributed by atoms with Crippen LogP contribution in [0, 0.1) is 19.7 Å². The summed E-state index contributed by atoms with van der Waals surface area (Å²) in [5.41, 5.74) is 4.65. The first kappa shape index (κ1) is 37.3. The van der Waals surface area contributed by atoms with Crippen molar-refractivity contribution in [2.45, 2.75) is 79.3 Å². The maximum absolute atomic E-state index is 12.9. The van der Waals surface area contributed by atoms with Crippen LogP contribution in [0.5, 0.6) is 0 Å². The summed E-state index contributed by atoms with van der Waals surface area (Å²) in [5.74, 6) is -0.165. The van der Waals surface area contributed by atoms with Crippen LogP contribution >= 0.6 is 0 Å². The number of carbonyl (C=O) groups excluding carboxylic acids is 2. The summed E-state index contributed by atoms with van der Waals surface area (Å²) in [4.78, 5) is 25.5. The average Bonchev–Trinajstić information content (AvgIpc) is 2.87. The highest BCUT2D eigenvalue weighted by atomic mass is 19.4. The van der Waals surface area contributed by atoms with Gasteiger partial charge in [0.2, 0.25) is 0 Å². The van der Waals surface area contributed by atoms with Crippen molar-refractivity contribution in [2.24, 2.45) is 0 Å². The maximum atomic E-state index is 12.9. The average molecular weight is 544 g/mol. The molecule has 0 amide bonds.